The molecule has 6 N–H and O–H groups in total. The molecule has 3 aromatic rings. The molecule has 1 saturated heterocycles. The number of aromatic amines is 1. The smallest absolute Gasteiger partial charge is 0.245 e. The number of nitrogens with zero attached hydrogens (tertiary/aromatic N) is 2. The molecule has 4 atom stereocenters. The van der Waals surface area contributed by atoms with E-state index in [1.165, 1.54) is 23.8 Å². The van der Waals surface area contributed by atoms with Crippen LogP contribution in [0.2, 0.25) is 0 Å². The number of nitrogens with one attached hydrogen (secondary N) is 4. The van der Waals surface area contributed by atoms with Crippen molar-refractivity contribution in [1.82, 2.24) is 30.7 Å². The van der Waals surface area contributed by atoms with Crippen LogP contribution in [-0.2, 0) is 36.8 Å². The van der Waals surface area contributed by atoms with Crippen molar-refractivity contribution >= 4 is 40.4 Å². The number of rotatable bonds is 5. The SMILES string of the molecule is C[C@@H](N)C(=O)N1CCNC(=O)[C@H](Cc2ccccc2)NC(=O)[C@H](C)N(C)C(=O)[C@H](Cc2c[nH]c3ccccc23)NC(=O)C1. The van der Waals surface area contributed by atoms with E-state index in [2.05, 4.69) is 20.9 Å². The van der Waals surface area contributed by atoms with Gasteiger partial charge in [0.1, 0.15) is 18.1 Å². The second-order valence-electron chi connectivity index (χ2n) is 10.9. The van der Waals surface area contributed by atoms with Crippen molar-refractivity contribution < 1.29 is 24.0 Å². The number of H-pyrrole nitrogens is 1. The number of para-hydroxylation sites is 1. The van der Waals surface area contributed by atoms with E-state index in [1.54, 1.807) is 13.1 Å². The molecule has 2 heterocycles. The molecule has 0 aliphatic carbocycles. The van der Waals surface area contributed by atoms with Crippen LogP contribution in [0.5, 0.6) is 0 Å². The van der Waals surface area contributed by atoms with Gasteiger partial charge in [-0.05, 0) is 31.0 Å². The van der Waals surface area contributed by atoms with Crippen molar-refractivity contribution in [3.8, 4) is 0 Å². The molecule has 2 aromatic carbocycles. The Labute approximate surface area is 250 Å². The molecule has 228 valence electrons. The lowest BCUT2D eigenvalue weighted by Crippen LogP contribution is -2.57. The number of carbonyl (C=O) groups excluding carboxylic acids is 5. The van der Waals surface area contributed by atoms with E-state index >= 15 is 0 Å². The van der Waals surface area contributed by atoms with Crippen LogP contribution in [0, 0.1) is 0 Å². The van der Waals surface area contributed by atoms with E-state index in [0.717, 1.165) is 22.0 Å². The van der Waals surface area contributed by atoms with Crippen LogP contribution < -0.4 is 21.7 Å². The molecule has 12 nitrogen and oxygen atoms in total. The average molecular weight is 590 g/mol. The minimum absolute atomic E-state index is 0.00288. The summed E-state index contributed by atoms with van der Waals surface area (Å²) in [5, 5.41) is 9.24. The molecule has 0 radical (unpaired) electrons. The zero-order valence-electron chi connectivity index (χ0n) is 24.6. The van der Waals surface area contributed by atoms with Crippen LogP contribution in [-0.4, -0.2) is 95.2 Å². The maximum Gasteiger partial charge on any atom is 0.245 e. The number of likely N-dealkylation sites (N-methyl/N-ethyl adjacent to an activating group) is 1. The molecule has 4 rings (SSSR count). The molecule has 43 heavy (non-hydrogen) atoms. The molecule has 12 heteroatoms. The number of nitrogens with two attached hydrogens (primary N) is 1. The lowest BCUT2D eigenvalue weighted by atomic mass is 10.0. The number of fused-ring (bicyclic) bond motifs is 1. The molecule has 1 fully saturated rings. The van der Waals surface area contributed by atoms with Crippen LogP contribution in [0.25, 0.3) is 10.9 Å². The Morgan fingerprint density at radius 1 is 0.953 bits per heavy atom. The second-order valence-corrected chi connectivity index (χ2v) is 10.9. The Hall–Kier alpha value is -4.71. The predicted octanol–water partition coefficient (Wildman–Crippen LogP) is 0.0752. The molecule has 0 spiro atoms. The van der Waals surface area contributed by atoms with E-state index in [4.69, 9.17) is 5.73 Å². The molecular weight excluding hydrogens is 550 g/mol. The summed E-state index contributed by atoms with van der Waals surface area (Å²) in [4.78, 5) is 72.4. The van der Waals surface area contributed by atoms with Crippen molar-refractivity contribution in [2.45, 2.75) is 50.9 Å². The highest BCUT2D eigenvalue weighted by Crippen LogP contribution is 2.20. The van der Waals surface area contributed by atoms with Gasteiger partial charge in [0, 0.05) is 50.1 Å². The number of hydrogen-bond acceptors (Lipinski definition) is 6. The highest BCUT2D eigenvalue weighted by Gasteiger charge is 2.33. The molecule has 1 aliphatic rings. The largest absolute Gasteiger partial charge is 0.361 e. The maximum atomic E-state index is 13.8. The Balaban J connectivity index is 1.66. The fraction of sp³-hybridized carbons (Fsp3) is 0.387. The quantitative estimate of drug-likeness (QED) is 0.282. The van der Waals surface area contributed by atoms with Gasteiger partial charge >= 0.3 is 0 Å². The number of benzene rings is 2. The summed E-state index contributed by atoms with van der Waals surface area (Å²) in [6, 6.07) is 13.0. The minimum Gasteiger partial charge on any atom is -0.361 e. The third kappa shape index (κ3) is 7.77. The number of carbonyl (C=O) groups is 5. The van der Waals surface area contributed by atoms with Crippen molar-refractivity contribution in [1.29, 1.82) is 0 Å². The molecule has 0 bridgehead atoms. The topological polar surface area (TPSA) is 170 Å². The molecular formula is C31H39N7O5. The van der Waals surface area contributed by atoms with Crippen LogP contribution >= 0.6 is 0 Å². The number of amides is 5. The van der Waals surface area contributed by atoms with E-state index in [9.17, 15) is 24.0 Å². The molecule has 1 aliphatic heterocycles. The molecule has 5 amide bonds. The van der Waals surface area contributed by atoms with Gasteiger partial charge in [-0.1, -0.05) is 48.5 Å². The fourth-order valence-electron chi connectivity index (χ4n) is 5.09. The first-order chi connectivity index (χ1) is 20.5. The van der Waals surface area contributed by atoms with Crippen molar-refractivity contribution in [3.63, 3.8) is 0 Å². The zero-order valence-corrected chi connectivity index (χ0v) is 24.6. The van der Waals surface area contributed by atoms with E-state index < -0.39 is 53.7 Å². The highest BCUT2D eigenvalue weighted by atomic mass is 16.2. The number of hydrogen-bond donors (Lipinski definition) is 5. The normalized spacial score (nSPS) is 21.8. The van der Waals surface area contributed by atoms with Crippen molar-refractivity contribution in [3.05, 3.63) is 71.9 Å². The third-order valence-corrected chi connectivity index (χ3v) is 7.67. The molecule has 0 saturated carbocycles. The third-order valence-electron chi connectivity index (χ3n) is 7.67. The summed E-state index contributed by atoms with van der Waals surface area (Å²) >= 11 is 0. The average Bonchev–Trinajstić information content (AvgIpc) is 3.40. The lowest BCUT2D eigenvalue weighted by molar-refractivity contribution is -0.142. The first kappa shape index (κ1) is 31.2. The summed E-state index contributed by atoms with van der Waals surface area (Å²) in [6.07, 6.45) is 2.15. The van der Waals surface area contributed by atoms with Crippen molar-refractivity contribution in [2.24, 2.45) is 5.73 Å². The number of aromatic nitrogens is 1. The van der Waals surface area contributed by atoms with Gasteiger partial charge in [0.25, 0.3) is 0 Å². The van der Waals surface area contributed by atoms with Gasteiger partial charge in [0.05, 0.1) is 12.6 Å². The summed E-state index contributed by atoms with van der Waals surface area (Å²) in [7, 11) is 1.48. The van der Waals surface area contributed by atoms with Gasteiger partial charge in [-0.3, -0.25) is 24.0 Å². The van der Waals surface area contributed by atoms with Crippen LogP contribution in [0.3, 0.4) is 0 Å². The van der Waals surface area contributed by atoms with E-state index in [-0.39, 0.29) is 32.5 Å². The van der Waals surface area contributed by atoms with Gasteiger partial charge in [0.2, 0.25) is 29.5 Å². The Morgan fingerprint density at radius 2 is 1.65 bits per heavy atom. The van der Waals surface area contributed by atoms with Gasteiger partial charge in [0.15, 0.2) is 0 Å². The second kappa shape index (κ2) is 14.0. The van der Waals surface area contributed by atoms with E-state index in [1.807, 2.05) is 54.6 Å². The first-order valence-corrected chi connectivity index (χ1v) is 14.3. The Bertz CT molecular complexity index is 1470. The minimum atomic E-state index is -1.04. The van der Waals surface area contributed by atoms with Gasteiger partial charge in [-0.15, -0.1) is 0 Å². The Morgan fingerprint density at radius 3 is 2.37 bits per heavy atom. The van der Waals surface area contributed by atoms with Crippen LogP contribution in [0.1, 0.15) is 25.0 Å². The van der Waals surface area contributed by atoms with E-state index in [0.29, 0.717) is 0 Å². The molecule has 1 aromatic heterocycles. The summed E-state index contributed by atoms with van der Waals surface area (Å²) in [5.74, 6) is -2.52. The fourth-order valence-corrected chi connectivity index (χ4v) is 5.09. The monoisotopic (exact) mass is 589 g/mol. The maximum absolute atomic E-state index is 13.8. The van der Waals surface area contributed by atoms with Crippen molar-refractivity contribution in [2.75, 3.05) is 26.7 Å². The standard InChI is InChI=1S/C31H39N7O5/c1-19(32)30(42)38-14-13-33-29(41)25(15-21-9-5-4-6-10-21)36-28(40)20(2)37(3)31(43)26(35-27(39)18-38)16-22-17-34-24-12-8-7-11-23(22)24/h4-12,17,19-20,25-26,34H,13-16,18,32H2,1-3H3,(H,33,41)(H,35,39)(H,36,40)/t19-,20+,25+,26+/m1/s1. The predicted molar refractivity (Wildman–Crippen MR) is 161 cm³/mol. The summed E-state index contributed by atoms with van der Waals surface area (Å²) in [6.45, 7) is 2.75. The van der Waals surface area contributed by atoms with Gasteiger partial charge in [-0.25, -0.2) is 0 Å². The summed E-state index contributed by atoms with van der Waals surface area (Å²) < 4.78 is 0. The van der Waals surface area contributed by atoms with Crippen LogP contribution in [0.15, 0.2) is 60.8 Å². The van der Waals surface area contributed by atoms with Crippen LogP contribution in [0.4, 0.5) is 0 Å². The highest BCUT2D eigenvalue weighted by molar-refractivity contribution is 5.95. The van der Waals surface area contributed by atoms with Gasteiger partial charge < -0.3 is 36.5 Å². The van der Waals surface area contributed by atoms with Gasteiger partial charge in [-0.2, -0.15) is 0 Å². The Kier molecular flexibility index (Phi) is 10.1. The lowest BCUT2D eigenvalue weighted by Gasteiger charge is -2.30. The first-order valence-electron chi connectivity index (χ1n) is 14.3. The molecule has 0 unspecified atom stereocenters. The summed E-state index contributed by atoms with van der Waals surface area (Å²) in [5.41, 5.74) is 8.37. The zero-order chi connectivity index (χ0) is 31.1.